The van der Waals surface area contributed by atoms with E-state index in [0.717, 1.165) is 25.9 Å². The molecule has 1 aliphatic heterocycles. The Kier molecular flexibility index (Phi) is 3.16. The summed E-state index contributed by atoms with van der Waals surface area (Å²) in [5.74, 6) is 0. The molecular weight excluding hydrogens is 218 g/mol. The maximum Gasteiger partial charge on any atom is 0.0208 e. The summed E-state index contributed by atoms with van der Waals surface area (Å²) in [6, 6.07) is 15.6. The highest BCUT2D eigenvalue weighted by Crippen LogP contribution is 2.21. The van der Waals surface area contributed by atoms with E-state index in [4.69, 9.17) is 0 Å². The Morgan fingerprint density at radius 2 is 2.00 bits per heavy atom. The van der Waals surface area contributed by atoms with Crippen LogP contribution in [0.15, 0.2) is 42.5 Å². The molecule has 0 amide bonds. The first-order chi connectivity index (χ1) is 8.83. The Morgan fingerprint density at radius 1 is 1.11 bits per heavy atom. The van der Waals surface area contributed by atoms with Crippen molar-refractivity contribution in [3.63, 3.8) is 0 Å². The average Bonchev–Trinajstić information content (AvgIpc) is 2.39. The Morgan fingerprint density at radius 3 is 2.89 bits per heavy atom. The Bertz CT molecular complexity index is 557. The third-order valence-electron chi connectivity index (χ3n) is 3.71. The maximum atomic E-state index is 3.44. The molecule has 0 fully saturated rings. The van der Waals surface area contributed by atoms with E-state index in [-0.39, 0.29) is 0 Å². The molecule has 1 N–H and O–H groups in total. The number of benzene rings is 2. The van der Waals surface area contributed by atoms with E-state index in [1.807, 2.05) is 0 Å². The van der Waals surface area contributed by atoms with Crippen LogP contribution in [0.5, 0.6) is 0 Å². The number of hydrogen-bond donors (Lipinski definition) is 1. The van der Waals surface area contributed by atoms with E-state index in [9.17, 15) is 0 Å². The Balaban J connectivity index is 1.93. The summed E-state index contributed by atoms with van der Waals surface area (Å²) in [4.78, 5) is 0. The summed E-state index contributed by atoms with van der Waals surface area (Å²) < 4.78 is 0. The molecule has 0 aliphatic carbocycles. The van der Waals surface area contributed by atoms with Gasteiger partial charge in [0.1, 0.15) is 0 Å². The van der Waals surface area contributed by atoms with Gasteiger partial charge in [-0.2, -0.15) is 0 Å². The second-order valence-electron chi connectivity index (χ2n) is 5.15. The molecule has 0 atom stereocenters. The fourth-order valence-corrected chi connectivity index (χ4v) is 2.82. The standard InChI is InChI=1S/C17H19N/c1-13-4-2-5-14(10-13)11-15-6-3-7-16-12-18-9-8-17(15)16/h2-7,10,18H,8-9,11-12H2,1H3. The maximum absolute atomic E-state index is 3.44. The molecule has 1 heteroatoms. The average molecular weight is 237 g/mol. The molecule has 92 valence electrons. The Hall–Kier alpha value is -1.60. The normalized spacial score (nSPS) is 14.3. The fraction of sp³-hybridized carbons (Fsp3) is 0.294. The smallest absolute Gasteiger partial charge is 0.0208 e. The molecule has 2 aromatic rings. The van der Waals surface area contributed by atoms with E-state index in [1.165, 1.54) is 22.3 Å². The van der Waals surface area contributed by atoms with Crippen LogP contribution in [0, 0.1) is 6.92 Å². The highest BCUT2D eigenvalue weighted by Gasteiger charge is 2.12. The molecule has 0 spiro atoms. The largest absolute Gasteiger partial charge is 0.312 e. The second kappa shape index (κ2) is 4.95. The van der Waals surface area contributed by atoms with Crippen molar-refractivity contribution in [2.24, 2.45) is 0 Å². The van der Waals surface area contributed by atoms with E-state index < -0.39 is 0 Å². The second-order valence-corrected chi connectivity index (χ2v) is 5.15. The van der Waals surface area contributed by atoms with Gasteiger partial charge in [0, 0.05) is 6.54 Å². The number of fused-ring (bicyclic) bond motifs is 1. The highest BCUT2D eigenvalue weighted by atomic mass is 14.9. The Labute approximate surface area is 109 Å². The van der Waals surface area contributed by atoms with Gasteiger partial charge >= 0.3 is 0 Å². The lowest BCUT2D eigenvalue weighted by molar-refractivity contribution is 0.640. The SMILES string of the molecule is Cc1cccc(Cc2cccc3c2CCNC3)c1. The van der Waals surface area contributed by atoms with Gasteiger partial charge in [0.25, 0.3) is 0 Å². The first-order valence-corrected chi connectivity index (χ1v) is 6.69. The van der Waals surface area contributed by atoms with Crippen LogP contribution in [0.3, 0.4) is 0 Å². The predicted octanol–water partition coefficient (Wildman–Crippen LogP) is 3.23. The van der Waals surface area contributed by atoms with Crippen molar-refractivity contribution in [3.8, 4) is 0 Å². The lowest BCUT2D eigenvalue weighted by Gasteiger charge is -2.20. The molecule has 0 saturated carbocycles. The molecule has 0 bridgehead atoms. The number of nitrogens with one attached hydrogen (secondary N) is 1. The van der Waals surface area contributed by atoms with Crippen LogP contribution < -0.4 is 5.32 Å². The fourth-order valence-electron chi connectivity index (χ4n) is 2.82. The van der Waals surface area contributed by atoms with Crippen molar-refractivity contribution in [3.05, 3.63) is 70.3 Å². The molecule has 2 aromatic carbocycles. The number of hydrogen-bond acceptors (Lipinski definition) is 1. The minimum Gasteiger partial charge on any atom is -0.312 e. The van der Waals surface area contributed by atoms with E-state index in [0.29, 0.717) is 0 Å². The number of rotatable bonds is 2. The molecule has 3 rings (SSSR count). The van der Waals surface area contributed by atoms with Crippen LogP contribution in [-0.2, 0) is 19.4 Å². The lowest BCUT2D eigenvalue weighted by atomic mass is 9.91. The third-order valence-corrected chi connectivity index (χ3v) is 3.71. The summed E-state index contributed by atoms with van der Waals surface area (Å²) in [7, 11) is 0. The van der Waals surface area contributed by atoms with Crippen molar-refractivity contribution < 1.29 is 0 Å². The van der Waals surface area contributed by atoms with Crippen molar-refractivity contribution in [2.75, 3.05) is 6.54 Å². The zero-order valence-electron chi connectivity index (χ0n) is 10.9. The van der Waals surface area contributed by atoms with Gasteiger partial charge in [-0.05, 0) is 48.6 Å². The van der Waals surface area contributed by atoms with Gasteiger partial charge < -0.3 is 5.32 Å². The predicted molar refractivity (Wildman–Crippen MR) is 75.8 cm³/mol. The zero-order chi connectivity index (χ0) is 12.4. The van der Waals surface area contributed by atoms with Crippen LogP contribution in [-0.4, -0.2) is 6.54 Å². The molecule has 0 unspecified atom stereocenters. The van der Waals surface area contributed by atoms with E-state index in [2.05, 4.69) is 54.7 Å². The van der Waals surface area contributed by atoms with Crippen molar-refractivity contribution in [2.45, 2.75) is 26.3 Å². The summed E-state index contributed by atoms with van der Waals surface area (Å²) in [5, 5.41) is 3.44. The molecule has 0 saturated heterocycles. The van der Waals surface area contributed by atoms with Gasteiger partial charge in [0.15, 0.2) is 0 Å². The lowest BCUT2D eigenvalue weighted by Crippen LogP contribution is -2.24. The summed E-state index contributed by atoms with van der Waals surface area (Å²) in [6.07, 6.45) is 2.22. The van der Waals surface area contributed by atoms with Crippen molar-refractivity contribution in [1.29, 1.82) is 0 Å². The quantitative estimate of drug-likeness (QED) is 0.845. The summed E-state index contributed by atoms with van der Waals surface area (Å²) in [6.45, 7) is 4.29. The van der Waals surface area contributed by atoms with Crippen LogP contribution in [0.2, 0.25) is 0 Å². The van der Waals surface area contributed by atoms with Crippen LogP contribution in [0.4, 0.5) is 0 Å². The molecule has 18 heavy (non-hydrogen) atoms. The van der Waals surface area contributed by atoms with Gasteiger partial charge in [0.05, 0.1) is 0 Å². The molecule has 0 radical (unpaired) electrons. The van der Waals surface area contributed by atoms with Crippen molar-refractivity contribution >= 4 is 0 Å². The molecule has 1 nitrogen and oxygen atoms in total. The van der Waals surface area contributed by atoms with Crippen molar-refractivity contribution in [1.82, 2.24) is 5.32 Å². The zero-order valence-corrected chi connectivity index (χ0v) is 10.9. The van der Waals surface area contributed by atoms with Gasteiger partial charge in [0.2, 0.25) is 0 Å². The third kappa shape index (κ3) is 2.32. The topological polar surface area (TPSA) is 12.0 Å². The van der Waals surface area contributed by atoms with Crippen LogP contribution >= 0.6 is 0 Å². The monoisotopic (exact) mass is 237 g/mol. The summed E-state index contributed by atoms with van der Waals surface area (Å²) >= 11 is 0. The minimum absolute atomic E-state index is 1.02. The van der Waals surface area contributed by atoms with Gasteiger partial charge in [-0.25, -0.2) is 0 Å². The minimum atomic E-state index is 1.02. The van der Waals surface area contributed by atoms with E-state index in [1.54, 1.807) is 5.56 Å². The highest BCUT2D eigenvalue weighted by molar-refractivity contribution is 5.40. The first kappa shape index (κ1) is 11.5. The molecular formula is C17H19N. The summed E-state index contributed by atoms with van der Waals surface area (Å²) in [5.41, 5.74) is 7.31. The van der Waals surface area contributed by atoms with Gasteiger partial charge in [-0.15, -0.1) is 0 Å². The van der Waals surface area contributed by atoms with E-state index >= 15 is 0 Å². The van der Waals surface area contributed by atoms with Crippen LogP contribution in [0.1, 0.15) is 27.8 Å². The molecule has 1 aliphatic rings. The molecule has 0 aromatic heterocycles. The van der Waals surface area contributed by atoms with Crippen LogP contribution in [0.25, 0.3) is 0 Å². The van der Waals surface area contributed by atoms with Gasteiger partial charge in [-0.1, -0.05) is 48.0 Å². The van der Waals surface area contributed by atoms with Gasteiger partial charge in [-0.3, -0.25) is 0 Å². The first-order valence-electron chi connectivity index (χ1n) is 6.69. The molecule has 1 heterocycles. The number of aryl methyl sites for hydroxylation is 1.